The number of unbranched alkanes of at least 4 members (excludes halogenated alkanes) is 2. The topological polar surface area (TPSA) is 0 Å². The van der Waals surface area contributed by atoms with Gasteiger partial charge in [-0.3, -0.25) is 0 Å². The van der Waals surface area contributed by atoms with Crippen LogP contribution in [0.5, 0.6) is 0 Å². The van der Waals surface area contributed by atoms with Gasteiger partial charge in [-0.15, -0.1) is 6.58 Å². The van der Waals surface area contributed by atoms with E-state index in [0.717, 1.165) is 0 Å². The van der Waals surface area contributed by atoms with Crippen molar-refractivity contribution in [2.24, 2.45) is 0 Å². The van der Waals surface area contributed by atoms with Crippen molar-refractivity contribution in [3.05, 3.63) is 18.4 Å². The molecule has 0 nitrogen and oxygen atoms in total. The zero-order valence-electron chi connectivity index (χ0n) is 6.86. The molecular formula is C9H17S. The summed E-state index contributed by atoms with van der Waals surface area (Å²) in [4.78, 5) is 0. The van der Waals surface area contributed by atoms with Crippen molar-refractivity contribution in [1.29, 1.82) is 0 Å². The molecule has 0 aliphatic carbocycles. The van der Waals surface area contributed by atoms with Gasteiger partial charge in [0.15, 0.2) is 0 Å². The summed E-state index contributed by atoms with van der Waals surface area (Å²) >= 11 is 1.69. The van der Waals surface area contributed by atoms with Gasteiger partial charge in [-0.25, -0.2) is 0 Å². The van der Waals surface area contributed by atoms with Gasteiger partial charge in [0, 0.05) is 6.26 Å². The Morgan fingerprint density at radius 1 is 1.30 bits per heavy atom. The van der Waals surface area contributed by atoms with Crippen LogP contribution < -0.4 is 0 Å². The standard InChI is InChI=1S/C9H17S/c1-9(2)7-5-4-6-8-10-3/h1,3-8H2,2H3. The van der Waals surface area contributed by atoms with Crippen LogP contribution in [0.25, 0.3) is 0 Å². The van der Waals surface area contributed by atoms with Crippen LogP contribution in [0.2, 0.25) is 0 Å². The lowest BCUT2D eigenvalue weighted by molar-refractivity contribution is 0.719. The second-order valence-electron chi connectivity index (χ2n) is 2.68. The summed E-state index contributed by atoms with van der Waals surface area (Å²) in [5, 5.41) is 0. The van der Waals surface area contributed by atoms with Gasteiger partial charge in [0.2, 0.25) is 0 Å². The second kappa shape index (κ2) is 7.20. The summed E-state index contributed by atoms with van der Waals surface area (Å²) in [5.74, 6) is 1.20. The number of thioether (sulfide) groups is 1. The molecule has 0 amide bonds. The molecule has 1 radical (unpaired) electrons. The molecule has 0 atom stereocenters. The van der Waals surface area contributed by atoms with Gasteiger partial charge in [0.25, 0.3) is 0 Å². The lowest BCUT2D eigenvalue weighted by atomic mass is 10.1. The highest BCUT2D eigenvalue weighted by atomic mass is 32.2. The van der Waals surface area contributed by atoms with E-state index in [9.17, 15) is 0 Å². The van der Waals surface area contributed by atoms with Gasteiger partial charge in [-0.1, -0.05) is 12.0 Å². The number of rotatable bonds is 6. The minimum absolute atomic E-state index is 1.20. The van der Waals surface area contributed by atoms with E-state index in [0.29, 0.717) is 0 Å². The van der Waals surface area contributed by atoms with E-state index in [-0.39, 0.29) is 0 Å². The zero-order chi connectivity index (χ0) is 7.82. The number of hydrogen-bond acceptors (Lipinski definition) is 1. The third kappa shape index (κ3) is 8.09. The summed E-state index contributed by atoms with van der Waals surface area (Å²) in [6.07, 6.45) is 8.85. The molecule has 0 fully saturated rings. The summed E-state index contributed by atoms with van der Waals surface area (Å²) < 4.78 is 0. The van der Waals surface area contributed by atoms with Crippen LogP contribution in [0.4, 0.5) is 0 Å². The van der Waals surface area contributed by atoms with Crippen molar-refractivity contribution >= 4 is 11.8 Å². The second-order valence-corrected chi connectivity index (χ2v) is 3.49. The minimum Gasteiger partial charge on any atom is -0.161 e. The van der Waals surface area contributed by atoms with E-state index in [1.807, 2.05) is 0 Å². The number of hydrogen-bond donors (Lipinski definition) is 0. The van der Waals surface area contributed by atoms with E-state index < -0.39 is 0 Å². The highest BCUT2D eigenvalue weighted by molar-refractivity contribution is 8.00. The average Bonchev–Trinajstić information content (AvgIpc) is 1.87. The maximum atomic E-state index is 3.86. The third-order valence-corrected chi connectivity index (χ3v) is 1.97. The van der Waals surface area contributed by atoms with Crippen LogP contribution in [0.15, 0.2) is 12.2 Å². The van der Waals surface area contributed by atoms with Crippen LogP contribution in [-0.2, 0) is 0 Å². The van der Waals surface area contributed by atoms with Crippen molar-refractivity contribution in [3.63, 3.8) is 0 Å². The van der Waals surface area contributed by atoms with Gasteiger partial charge in [-0.2, -0.15) is 11.8 Å². The lowest BCUT2D eigenvalue weighted by Crippen LogP contribution is -1.80. The van der Waals surface area contributed by atoms with Crippen LogP contribution in [0.1, 0.15) is 32.6 Å². The Bertz CT molecular complexity index is 86.7. The fourth-order valence-corrected chi connectivity index (χ4v) is 1.22. The Kier molecular flexibility index (Phi) is 7.26. The van der Waals surface area contributed by atoms with E-state index in [4.69, 9.17) is 0 Å². The highest BCUT2D eigenvalue weighted by Gasteiger charge is 1.88. The molecule has 0 unspecified atom stereocenters. The molecule has 0 bridgehead atoms. The van der Waals surface area contributed by atoms with Crippen molar-refractivity contribution in [3.8, 4) is 0 Å². The third-order valence-electron chi connectivity index (χ3n) is 1.39. The smallest absolute Gasteiger partial charge is 0.00235 e. The monoisotopic (exact) mass is 157 g/mol. The quantitative estimate of drug-likeness (QED) is 0.419. The largest absolute Gasteiger partial charge is 0.161 e. The summed E-state index contributed by atoms with van der Waals surface area (Å²) in [6, 6.07) is 0. The first-order valence-electron chi connectivity index (χ1n) is 3.78. The molecule has 0 aliphatic heterocycles. The molecule has 0 saturated carbocycles. The summed E-state index contributed by atoms with van der Waals surface area (Å²) in [6.45, 7) is 5.95. The van der Waals surface area contributed by atoms with Crippen molar-refractivity contribution in [2.75, 3.05) is 5.75 Å². The fraction of sp³-hybridized carbons (Fsp3) is 0.667. The Hall–Kier alpha value is 0.0900. The molecule has 0 aliphatic rings. The normalized spacial score (nSPS) is 9.80. The molecule has 0 aromatic heterocycles. The lowest BCUT2D eigenvalue weighted by Gasteiger charge is -1.98. The van der Waals surface area contributed by atoms with Crippen LogP contribution >= 0.6 is 11.8 Å². The molecular weight excluding hydrogens is 140 g/mol. The molecule has 0 spiro atoms. The Morgan fingerprint density at radius 2 is 2.00 bits per heavy atom. The van der Waals surface area contributed by atoms with E-state index >= 15 is 0 Å². The van der Waals surface area contributed by atoms with Gasteiger partial charge < -0.3 is 0 Å². The molecule has 0 rings (SSSR count). The number of allylic oxidation sites excluding steroid dienone is 1. The molecule has 0 heterocycles. The Labute approximate surface area is 69.1 Å². The van der Waals surface area contributed by atoms with Crippen LogP contribution in [-0.4, -0.2) is 5.75 Å². The predicted molar refractivity (Wildman–Crippen MR) is 51.1 cm³/mol. The average molecular weight is 157 g/mol. The van der Waals surface area contributed by atoms with E-state index in [2.05, 4.69) is 19.8 Å². The SMILES string of the molecule is [CH2]SCCCCCC(=C)C. The van der Waals surface area contributed by atoms with Gasteiger partial charge in [-0.05, 0) is 31.9 Å². The van der Waals surface area contributed by atoms with Crippen molar-refractivity contribution in [1.82, 2.24) is 0 Å². The van der Waals surface area contributed by atoms with E-state index in [1.54, 1.807) is 11.8 Å². The van der Waals surface area contributed by atoms with Crippen LogP contribution in [0, 0.1) is 6.26 Å². The van der Waals surface area contributed by atoms with Crippen LogP contribution in [0.3, 0.4) is 0 Å². The Balaban J connectivity index is 2.84. The fourth-order valence-electron chi connectivity index (χ4n) is 0.808. The summed E-state index contributed by atoms with van der Waals surface area (Å²) in [5.41, 5.74) is 1.31. The molecule has 0 aromatic rings. The zero-order valence-corrected chi connectivity index (χ0v) is 7.67. The minimum atomic E-state index is 1.20. The highest BCUT2D eigenvalue weighted by Crippen LogP contribution is 2.08. The van der Waals surface area contributed by atoms with Gasteiger partial charge in [0.1, 0.15) is 0 Å². The molecule has 59 valence electrons. The van der Waals surface area contributed by atoms with Crippen molar-refractivity contribution in [2.45, 2.75) is 32.6 Å². The maximum absolute atomic E-state index is 3.86. The first-order valence-corrected chi connectivity index (χ1v) is 4.94. The molecule has 0 saturated heterocycles. The van der Waals surface area contributed by atoms with Gasteiger partial charge in [0.05, 0.1) is 0 Å². The first kappa shape index (κ1) is 10.1. The maximum Gasteiger partial charge on any atom is 0.00235 e. The van der Waals surface area contributed by atoms with Gasteiger partial charge >= 0.3 is 0 Å². The molecule has 1 heteroatoms. The first-order chi connectivity index (χ1) is 4.77. The predicted octanol–water partition coefficient (Wildman–Crippen LogP) is 3.65. The summed E-state index contributed by atoms with van der Waals surface area (Å²) in [7, 11) is 0. The Morgan fingerprint density at radius 3 is 2.50 bits per heavy atom. The molecule has 0 N–H and O–H groups in total. The molecule has 10 heavy (non-hydrogen) atoms. The molecule has 0 aromatic carbocycles. The van der Waals surface area contributed by atoms with E-state index in [1.165, 1.54) is 37.0 Å². The van der Waals surface area contributed by atoms with Crippen molar-refractivity contribution < 1.29 is 0 Å².